The van der Waals surface area contributed by atoms with Crippen LogP contribution in [0.15, 0.2) is 40.9 Å². The van der Waals surface area contributed by atoms with Gasteiger partial charge in [0, 0.05) is 21.7 Å². The van der Waals surface area contributed by atoms with E-state index in [2.05, 4.69) is 15.9 Å². The zero-order chi connectivity index (χ0) is 14.0. The van der Waals surface area contributed by atoms with Crippen molar-refractivity contribution in [2.75, 3.05) is 7.11 Å². The lowest BCUT2D eigenvalue weighted by Crippen LogP contribution is -2.05. The minimum Gasteiger partial charge on any atom is -0.496 e. The Balaban J connectivity index is 2.46. The molecule has 0 aliphatic carbocycles. The minimum absolute atomic E-state index is 0.00187. The van der Waals surface area contributed by atoms with Gasteiger partial charge in [0.1, 0.15) is 23.5 Å². The third kappa shape index (κ3) is 2.93. The number of benzene rings is 2. The Morgan fingerprint density at radius 2 is 1.79 bits per heavy atom. The van der Waals surface area contributed by atoms with Crippen LogP contribution in [0.5, 0.6) is 5.75 Å². The van der Waals surface area contributed by atoms with Gasteiger partial charge in [0.05, 0.1) is 7.11 Å². The fourth-order valence-electron chi connectivity index (χ4n) is 1.80. The Morgan fingerprint density at radius 1 is 1.11 bits per heavy atom. The molecule has 0 saturated carbocycles. The Hall–Kier alpha value is -1.46. The molecule has 0 spiro atoms. The van der Waals surface area contributed by atoms with Crippen LogP contribution in [0.2, 0.25) is 0 Å². The number of halogens is 3. The van der Waals surface area contributed by atoms with Crippen molar-refractivity contribution in [1.82, 2.24) is 0 Å². The van der Waals surface area contributed by atoms with Crippen LogP contribution in [0.1, 0.15) is 17.2 Å². The largest absolute Gasteiger partial charge is 0.496 e. The van der Waals surface area contributed by atoms with Crippen LogP contribution in [0.4, 0.5) is 8.78 Å². The van der Waals surface area contributed by atoms with Crippen LogP contribution in [-0.4, -0.2) is 12.2 Å². The molecule has 0 aromatic heterocycles. The van der Waals surface area contributed by atoms with Gasteiger partial charge in [-0.3, -0.25) is 0 Å². The van der Waals surface area contributed by atoms with E-state index in [1.54, 1.807) is 18.2 Å². The third-order valence-corrected chi connectivity index (χ3v) is 3.24. The van der Waals surface area contributed by atoms with Crippen molar-refractivity contribution in [3.05, 3.63) is 63.6 Å². The van der Waals surface area contributed by atoms with Gasteiger partial charge in [-0.05, 0) is 18.2 Å². The molecule has 0 bridgehead atoms. The quantitative estimate of drug-likeness (QED) is 0.928. The second-order valence-electron chi connectivity index (χ2n) is 3.95. The highest BCUT2D eigenvalue weighted by Crippen LogP contribution is 2.33. The van der Waals surface area contributed by atoms with Crippen LogP contribution in [0.25, 0.3) is 0 Å². The molecule has 2 nitrogen and oxygen atoms in total. The van der Waals surface area contributed by atoms with Crippen LogP contribution in [0, 0.1) is 11.6 Å². The summed E-state index contributed by atoms with van der Waals surface area (Å²) in [5, 5.41) is 10.2. The maximum atomic E-state index is 13.7. The molecule has 100 valence electrons. The first kappa shape index (κ1) is 14.0. The summed E-state index contributed by atoms with van der Waals surface area (Å²) >= 11 is 3.28. The fourth-order valence-corrected chi connectivity index (χ4v) is 2.14. The van der Waals surface area contributed by atoms with E-state index < -0.39 is 17.7 Å². The first-order valence-corrected chi connectivity index (χ1v) is 6.28. The summed E-state index contributed by atoms with van der Waals surface area (Å²) in [5.41, 5.74) is 0.415. The summed E-state index contributed by atoms with van der Waals surface area (Å²) in [6, 6.07) is 8.06. The number of aliphatic hydroxyl groups is 1. The predicted molar refractivity (Wildman–Crippen MR) is 71.1 cm³/mol. The molecule has 0 aliphatic rings. The average Bonchev–Trinajstić information content (AvgIpc) is 2.37. The predicted octanol–water partition coefficient (Wildman–Crippen LogP) is 3.82. The number of hydrogen-bond acceptors (Lipinski definition) is 2. The Labute approximate surface area is 117 Å². The summed E-state index contributed by atoms with van der Waals surface area (Å²) in [4.78, 5) is 0. The lowest BCUT2D eigenvalue weighted by atomic mass is 10.00. The van der Waals surface area contributed by atoms with E-state index >= 15 is 0 Å². The van der Waals surface area contributed by atoms with E-state index in [9.17, 15) is 13.9 Å². The minimum atomic E-state index is -1.22. The molecule has 2 aromatic carbocycles. The second kappa shape index (κ2) is 5.67. The van der Waals surface area contributed by atoms with Crippen LogP contribution in [-0.2, 0) is 0 Å². The molecule has 2 rings (SSSR count). The molecular formula is C14H11BrF2O2. The maximum Gasteiger partial charge on any atom is 0.132 e. The number of ether oxygens (including phenoxy) is 1. The van der Waals surface area contributed by atoms with E-state index in [-0.39, 0.29) is 5.56 Å². The third-order valence-electron chi connectivity index (χ3n) is 2.75. The normalized spacial score (nSPS) is 12.3. The van der Waals surface area contributed by atoms with Crippen molar-refractivity contribution in [1.29, 1.82) is 0 Å². The van der Waals surface area contributed by atoms with Crippen molar-refractivity contribution >= 4 is 15.9 Å². The lowest BCUT2D eigenvalue weighted by Gasteiger charge is -2.16. The molecule has 1 atom stereocenters. The Morgan fingerprint density at radius 3 is 2.42 bits per heavy atom. The summed E-state index contributed by atoms with van der Waals surface area (Å²) in [6.45, 7) is 0. The van der Waals surface area contributed by atoms with E-state index in [4.69, 9.17) is 4.74 Å². The molecule has 2 aromatic rings. The molecule has 5 heteroatoms. The Kier molecular flexibility index (Phi) is 4.17. The van der Waals surface area contributed by atoms with E-state index in [0.717, 1.165) is 16.6 Å². The van der Waals surface area contributed by atoms with Gasteiger partial charge < -0.3 is 9.84 Å². The molecular weight excluding hydrogens is 318 g/mol. The van der Waals surface area contributed by atoms with Crippen molar-refractivity contribution in [3.63, 3.8) is 0 Å². The molecule has 1 unspecified atom stereocenters. The lowest BCUT2D eigenvalue weighted by molar-refractivity contribution is 0.209. The first-order chi connectivity index (χ1) is 9.02. The molecule has 0 fully saturated rings. The fraction of sp³-hybridized carbons (Fsp3) is 0.143. The molecule has 19 heavy (non-hydrogen) atoms. The number of hydrogen-bond donors (Lipinski definition) is 1. The summed E-state index contributed by atoms with van der Waals surface area (Å²) in [5.74, 6) is -1.06. The smallest absolute Gasteiger partial charge is 0.132 e. The zero-order valence-electron chi connectivity index (χ0n) is 10.0. The van der Waals surface area contributed by atoms with Crippen LogP contribution < -0.4 is 4.74 Å². The highest BCUT2D eigenvalue weighted by Gasteiger charge is 2.19. The van der Waals surface area contributed by atoms with Crippen LogP contribution in [0.3, 0.4) is 0 Å². The molecule has 0 radical (unpaired) electrons. The van der Waals surface area contributed by atoms with Gasteiger partial charge in [0.25, 0.3) is 0 Å². The molecule has 0 aliphatic heterocycles. The average molecular weight is 329 g/mol. The van der Waals surface area contributed by atoms with Crippen LogP contribution >= 0.6 is 15.9 Å². The topological polar surface area (TPSA) is 29.5 Å². The van der Waals surface area contributed by atoms with Crippen molar-refractivity contribution in [3.8, 4) is 5.75 Å². The summed E-state index contributed by atoms with van der Waals surface area (Å²) in [6.07, 6.45) is -1.22. The van der Waals surface area contributed by atoms with Gasteiger partial charge in [-0.2, -0.15) is 0 Å². The zero-order valence-corrected chi connectivity index (χ0v) is 11.6. The van der Waals surface area contributed by atoms with E-state index in [0.29, 0.717) is 11.3 Å². The SMILES string of the molecule is COc1cc(Br)ccc1C(O)c1ccc(F)cc1F. The highest BCUT2D eigenvalue weighted by atomic mass is 79.9. The van der Waals surface area contributed by atoms with Gasteiger partial charge in [-0.1, -0.05) is 28.1 Å². The summed E-state index contributed by atoms with van der Waals surface area (Å²) in [7, 11) is 1.46. The maximum absolute atomic E-state index is 13.7. The number of aliphatic hydroxyl groups excluding tert-OH is 1. The molecule has 0 heterocycles. The standard InChI is InChI=1S/C14H11BrF2O2/c1-19-13-6-8(15)2-4-11(13)14(18)10-5-3-9(16)7-12(10)17/h2-7,14,18H,1H3. The van der Waals surface area contributed by atoms with Gasteiger partial charge in [0.15, 0.2) is 0 Å². The number of methoxy groups -OCH3 is 1. The van der Waals surface area contributed by atoms with Gasteiger partial charge >= 0.3 is 0 Å². The van der Waals surface area contributed by atoms with Gasteiger partial charge in [-0.15, -0.1) is 0 Å². The van der Waals surface area contributed by atoms with Crippen molar-refractivity contribution in [2.24, 2.45) is 0 Å². The van der Waals surface area contributed by atoms with Gasteiger partial charge in [-0.25, -0.2) is 8.78 Å². The second-order valence-corrected chi connectivity index (χ2v) is 4.87. The van der Waals surface area contributed by atoms with E-state index in [1.807, 2.05) is 0 Å². The summed E-state index contributed by atoms with van der Waals surface area (Å²) < 4.78 is 32.4. The molecule has 0 amide bonds. The highest BCUT2D eigenvalue weighted by molar-refractivity contribution is 9.10. The number of rotatable bonds is 3. The van der Waals surface area contributed by atoms with E-state index in [1.165, 1.54) is 13.2 Å². The van der Waals surface area contributed by atoms with Gasteiger partial charge in [0.2, 0.25) is 0 Å². The molecule has 1 N–H and O–H groups in total. The Bertz CT molecular complexity index is 602. The van der Waals surface area contributed by atoms with Crippen molar-refractivity contribution < 1.29 is 18.6 Å². The van der Waals surface area contributed by atoms with Crippen molar-refractivity contribution in [2.45, 2.75) is 6.10 Å². The monoisotopic (exact) mass is 328 g/mol. The first-order valence-electron chi connectivity index (χ1n) is 5.49. The molecule has 0 saturated heterocycles.